The van der Waals surface area contributed by atoms with Crippen LogP contribution in [0.1, 0.15) is 5.69 Å². The molecule has 0 atom stereocenters. The molecule has 3 aromatic heterocycles. The Bertz CT molecular complexity index is 980. The number of fused-ring (bicyclic) bond motifs is 1. The van der Waals surface area contributed by atoms with Gasteiger partial charge in [0.1, 0.15) is 16.8 Å². The summed E-state index contributed by atoms with van der Waals surface area (Å²) in [5, 5.41) is 14.8. The summed E-state index contributed by atoms with van der Waals surface area (Å²) in [6, 6.07) is 15.7. The van der Waals surface area contributed by atoms with Crippen LogP contribution in [0.5, 0.6) is 0 Å². The molecule has 0 amide bonds. The molecule has 22 heavy (non-hydrogen) atoms. The maximum Gasteiger partial charge on any atom is 0.214 e. The summed E-state index contributed by atoms with van der Waals surface area (Å²) in [5.74, 6) is 0. The minimum atomic E-state index is 0.451. The first kappa shape index (κ1) is 12.7. The van der Waals surface area contributed by atoms with Gasteiger partial charge < -0.3 is 0 Å². The van der Waals surface area contributed by atoms with Crippen molar-refractivity contribution in [2.24, 2.45) is 0 Å². The zero-order chi connectivity index (χ0) is 14.9. The van der Waals surface area contributed by atoms with Gasteiger partial charge in [-0.1, -0.05) is 41.7 Å². The number of pyridine rings is 1. The van der Waals surface area contributed by atoms with Crippen molar-refractivity contribution in [3.05, 3.63) is 60.6 Å². The van der Waals surface area contributed by atoms with E-state index in [1.807, 2.05) is 42.5 Å². The zero-order valence-electron chi connectivity index (χ0n) is 11.3. The fourth-order valence-corrected chi connectivity index (χ4v) is 3.14. The number of nitrogens with zero attached hydrogens (tertiary/aromatic N) is 5. The number of rotatable bonds is 2. The lowest BCUT2D eigenvalue weighted by molar-refractivity contribution is 0.960. The summed E-state index contributed by atoms with van der Waals surface area (Å²) in [6.07, 6.45) is 3.47. The smallest absolute Gasteiger partial charge is 0.214 e. The first-order valence-corrected chi connectivity index (χ1v) is 7.44. The normalized spacial score (nSPS) is 10.7. The average molecular weight is 303 g/mol. The van der Waals surface area contributed by atoms with Crippen LogP contribution in [0.3, 0.4) is 0 Å². The second kappa shape index (κ2) is 5.06. The maximum absolute atomic E-state index is 9.49. The molecule has 1 aromatic carbocycles. The van der Waals surface area contributed by atoms with Gasteiger partial charge in [0.05, 0.1) is 0 Å². The van der Waals surface area contributed by atoms with Crippen molar-refractivity contribution in [3.63, 3.8) is 0 Å². The maximum atomic E-state index is 9.49. The molecular formula is C16H9N5S. The highest BCUT2D eigenvalue weighted by atomic mass is 32.1. The predicted octanol–water partition coefficient (Wildman–Crippen LogP) is 3.39. The van der Waals surface area contributed by atoms with Crippen molar-refractivity contribution in [2.75, 3.05) is 0 Å². The van der Waals surface area contributed by atoms with Gasteiger partial charge in [-0.15, -0.1) is 0 Å². The van der Waals surface area contributed by atoms with E-state index in [9.17, 15) is 5.26 Å². The predicted molar refractivity (Wildman–Crippen MR) is 84.2 cm³/mol. The standard InChI is InChI=1S/C16H9N5S/c17-9-13-14(11-5-2-1-3-6-11)19-16-21(13)20-15(22-16)12-7-4-8-18-10-12/h1-8,10H. The van der Waals surface area contributed by atoms with E-state index in [4.69, 9.17) is 0 Å². The number of aromatic nitrogens is 4. The third kappa shape index (κ3) is 1.96. The highest BCUT2D eigenvalue weighted by Gasteiger charge is 2.18. The molecule has 6 heteroatoms. The van der Waals surface area contributed by atoms with Gasteiger partial charge in [0.25, 0.3) is 0 Å². The van der Waals surface area contributed by atoms with Crippen LogP contribution in [0.2, 0.25) is 0 Å². The third-order valence-corrected chi connectivity index (χ3v) is 4.22. The number of hydrogen-bond acceptors (Lipinski definition) is 5. The molecule has 0 aliphatic rings. The van der Waals surface area contributed by atoms with Crippen molar-refractivity contribution < 1.29 is 0 Å². The van der Waals surface area contributed by atoms with E-state index in [1.54, 1.807) is 16.9 Å². The summed E-state index contributed by atoms with van der Waals surface area (Å²) >= 11 is 1.45. The van der Waals surface area contributed by atoms with Crippen LogP contribution in [-0.2, 0) is 0 Å². The molecule has 104 valence electrons. The number of hydrogen-bond donors (Lipinski definition) is 0. The number of imidazole rings is 1. The van der Waals surface area contributed by atoms with Crippen molar-refractivity contribution in [2.45, 2.75) is 0 Å². The Balaban J connectivity index is 1.90. The lowest BCUT2D eigenvalue weighted by Crippen LogP contribution is -1.91. The van der Waals surface area contributed by atoms with Crippen LogP contribution >= 0.6 is 11.3 Å². The Labute approximate surface area is 130 Å². The van der Waals surface area contributed by atoms with Gasteiger partial charge >= 0.3 is 0 Å². The van der Waals surface area contributed by atoms with Crippen LogP contribution in [0.15, 0.2) is 54.9 Å². The Kier molecular flexibility index (Phi) is 2.92. The van der Waals surface area contributed by atoms with Gasteiger partial charge in [-0.25, -0.2) is 4.98 Å². The Morgan fingerprint density at radius 1 is 1.05 bits per heavy atom. The van der Waals surface area contributed by atoms with Gasteiger partial charge in [0.15, 0.2) is 5.69 Å². The summed E-state index contributed by atoms with van der Waals surface area (Å²) in [7, 11) is 0. The van der Waals surface area contributed by atoms with Crippen molar-refractivity contribution in [1.29, 1.82) is 5.26 Å². The van der Waals surface area contributed by atoms with Crippen LogP contribution in [0.4, 0.5) is 0 Å². The lowest BCUT2D eigenvalue weighted by Gasteiger charge is -1.96. The molecule has 0 saturated carbocycles. The molecule has 5 nitrogen and oxygen atoms in total. The molecule has 0 aliphatic heterocycles. The average Bonchev–Trinajstić information content (AvgIpc) is 3.14. The summed E-state index contributed by atoms with van der Waals surface area (Å²) < 4.78 is 1.61. The molecule has 0 N–H and O–H groups in total. The van der Waals surface area contributed by atoms with E-state index in [0.717, 1.165) is 16.1 Å². The van der Waals surface area contributed by atoms with Crippen LogP contribution in [-0.4, -0.2) is 19.6 Å². The molecule has 0 aliphatic carbocycles. The molecule has 3 heterocycles. The number of nitriles is 1. The van der Waals surface area contributed by atoms with E-state index in [0.29, 0.717) is 16.3 Å². The SMILES string of the molecule is N#Cc1c(-c2ccccc2)nc2sc(-c3cccnc3)nn12. The molecule has 0 spiro atoms. The minimum Gasteiger partial charge on any atom is -0.264 e. The molecule has 4 rings (SSSR count). The molecular weight excluding hydrogens is 294 g/mol. The third-order valence-electron chi connectivity index (χ3n) is 3.27. The van der Waals surface area contributed by atoms with E-state index >= 15 is 0 Å². The number of benzene rings is 1. The molecule has 4 aromatic rings. The van der Waals surface area contributed by atoms with Crippen molar-refractivity contribution in [3.8, 4) is 27.9 Å². The van der Waals surface area contributed by atoms with Gasteiger partial charge in [-0.2, -0.15) is 14.9 Å². The Hall–Kier alpha value is -3.04. The highest BCUT2D eigenvalue weighted by Crippen LogP contribution is 2.30. The van der Waals surface area contributed by atoms with E-state index in [2.05, 4.69) is 21.1 Å². The molecule has 0 saturated heterocycles. The summed E-state index contributed by atoms with van der Waals surface area (Å²) in [5.41, 5.74) is 2.95. The molecule has 0 bridgehead atoms. The minimum absolute atomic E-state index is 0.451. The van der Waals surface area contributed by atoms with E-state index in [1.165, 1.54) is 11.3 Å². The first-order valence-electron chi connectivity index (χ1n) is 6.62. The monoisotopic (exact) mass is 303 g/mol. The van der Waals surface area contributed by atoms with Gasteiger partial charge in [-0.3, -0.25) is 4.98 Å². The second-order valence-corrected chi connectivity index (χ2v) is 5.59. The highest BCUT2D eigenvalue weighted by molar-refractivity contribution is 7.19. The molecule has 0 radical (unpaired) electrons. The lowest BCUT2D eigenvalue weighted by atomic mass is 10.1. The van der Waals surface area contributed by atoms with Crippen molar-refractivity contribution in [1.82, 2.24) is 19.6 Å². The fourth-order valence-electron chi connectivity index (χ4n) is 2.25. The second-order valence-electron chi connectivity index (χ2n) is 4.63. The Morgan fingerprint density at radius 2 is 1.86 bits per heavy atom. The molecule has 0 unspecified atom stereocenters. The topological polar surface area (TPSA) is 66.9 Å². The van der Waals surface area contributed by atoms with Crippen LogP contribution in [0, 0.1) is 11.3 Å². The van der Waals surface area contributed by atoms with Gasteiger partial charge in [0.2, 0.25) is 4.96 Å². The molecule has 0 fully saturated rings. The zero-order valence-corrected chi connectivity index (χ0v) is 12.2. The summed E-state index contributed by atoms with van der Waals surface area (Å²) in [6.45, 7) is 0. The quantitative estimate of drug-likeness (QED) is 0.569. The first-order chi connectivity index (χ1) is 10.9. The summed E-state index contributed by atoms with van der Waals surface area (Å²) in [4.78, 5) is 9.37. The van der Waals surface area contributed by atoms with E-state index < -0.39 is 0 Å². The largest absolute Gasteiger partial charge is 0.264 e. The fraction of sp³-hybridized carbons (Fsp3) is 0. The van der Waals surface area contributed by atoms with Gasteiger partial charge in [-0.05, 0) is 12.1 Å². The van der Waals surface area contributed by atoms with Gasteiger partial charge in [0, 0.05) is 23.5 Å². The van der Waals surface area contributed by atoms with E-state index in [-0.39, 0.29) is 0 Å². The Morgan fingerprint density at radius 3 is 2.59 bits per heavy atom. The van der Waals surface area contributed by atoms with Crippen molar-refractivity contribution >= 4 is 16.3 Å². The van der Waals surface area contributed by atoms with Crippen LogP contribution < -0.4 is 0 Å². The van der Waals surface area contributed by atoms with Crippen LogP contribution in [0.25, 0.3) is 26.8 Å².